The molecule has 116 valence electrons. The molecule has 4 N–H and O–H groups in total. The Morgan fingerprint density at radius 3 is 2.23 bits per heavy atom. The summed E-state index contributed by atoms with van der Waals surface area (Å²) < 4.78 is 39.5. The number of alkyl halides is 3. The number of halogens is 4. The second kappa shape index (κ2) is 6.03. The van der Waals surface area contributed by atoms with Gasteiger partial charge in [-0.2, -0.15) is 13.2 Å². The third-order valence-electron chi connectivity index (χ3n) is 2.96. The lowest BCUT2D eigenvalue weighted by molar-refractivity contribution is -0.137. The molecule has 22 heavy (non-hydrogen) atoms. The van der Waals surface area contributed by atoms with Crippen LogP contribution < -0.4 is 5.73 Å². The van der Waals surface area contributed by atoms with E-state index in [1.807, 2.05) is 22.6 Å². The fourth-order valence-electron chi connectivity index (χ4n) is 1.88. The van der Waals surface area contributed by atoms with Crippen LogP contribution in [-0.2, 0) is 6.18 Å². The molecule has 0 unspecified atom stereocenters. The topological polar surface area (TPSA) is 78.8 Å². The van der Waals surface area contributed by atoms with Gasteiger partial charge in [0.05, 0.1) is 5.56 Å². The van der Waals surface area contributed by atoms with E-state index < -0.39 is 17.6 Å². The van der Waals surface area contributed by atoms with Crippen molar-refractivity contribution in [1.29, 1.82) is 0 Å². The maximum Gasteiger partial charge on any atom is 0.416 e. The molecule has 0 aliphatic carbocycles. The van der Waals surface area contributed by atoms with Gasteiger partial charge in [-0.25, -0.2) is 0 Å². The standard InChI is InChI=1S/C14H10F3IN2O2/c15-14(16,17)8-5-10(7-1-3-9(21)4-2-7)12(18)11(6-8)13(19)20-22/h1-6,21-22H,(H2,19,20). The van der Waals surface area contributed by atoms with Crippen LogP contribution in [0.2, 0.25) is 0 Å². The molecular formula is C14H10F3IN2O2. The molecule has 0 aliphatic rings. The molecule has 0 radical (unpaired) electrons. The van der Waals surface area contributed by atoms with Crippen molar-refractivity contribution in [3.63, 3.8) is 0 Å². The van der Waals surface area contributed by atoms with Crippen molar-refractivity contribution in [1.82, 2.24) is 0 Å². The molecule has 0 saturated carbocycles. The van der Waals surface area contributed by atoms with Crippen LogP contribution in [0, 0.1) is 3.57 Å². The number of hydrogen-bond donors (Lipinski definition) is 3. The molecule has 8 heteroatoms. The number of aromatic hydroxyl groups is 1. The highest BCUT2D eigenvalue weighted by molar-refractivity contribution is 14.1. The van der Waals surface area contributed by atoms with E-state index in [4.69, 9.17) is 10.9 Å². The fourth-order valence-corrected chi connectivity index (χ4v) is 2.78. The first-order valence-electron chi connectivity index (χ1n) is 5.92. The van der Waals surface area contributed by atoms with Crippen molar-refractivity contribution in [3.05, 3.63) is 51.1 Å². The van der Waals surface area contributed by atoms with Crippen LogP contribution in [0.1, 0.15) is 11.1 Å². The maximum absolute atomic E-state index is 13.0. The van der Waals surface area contributed by atoms with Gasteiger partial charge in [0.2, 0.25) is 0 Å². The Kier molecular flexibility index (Phi) is 4.50. The van der Waals surface area contributed by atoms with Gasteiger partial charge < -0.3 is 16.0 Å². The van der Waals surface area contributed by atoms with Crippen LogP contribution in [-0.4, -0.2) is 16.1 Å². The summed E-state index contributed by atoms with van der Waals surface area (Å²) in [4.78, 5) is 0. The van der Waals surface area contributed by atoms with E-state index in [2.05, 4.69) is 5.16 Å². The minimum atomic E-state index is -4.57. The molecule has 0 fully saturated rings. The van der Waals surface area contributed by atoms with E-state index in [0.29, 0.717) is 9.13 Å². The van der Waals surface area contributed by atoms with Crippen LogP contribution in [0.5, 0.6) is 5.75 Å². The summed E-state index contributed by atoms with van der Waals surface area (Å²) in [5.74, 6) is -0.405. The summed E-state index contributed by atoms with van der Waals surface area (Å²) in [6.45, 7) is 0. The number of rotatable bonds is 2. The zero-order chi connectivity index (χ0) is 16.5. The Labute approximate surface area is 137 Å². The number of oxime groups is 1. The third-order valence-corrected chi connectivity index (χ3v) is 4.12. The van der Waals surface area contributed by atoms with Gasteiger partial charge in [-0.1, -0.05) is 17.3 Å². The van der Waals surface area contributed by atoms with Crippen molar-refractivity contribution in [2.24, 2.45) is 10.9 Å². The van der Waals surface area contributed by atoms with Gasteiger partial charge >= 0.3 is 6.18 Å². The van der Waals surface area contributed by atoms with E-state index in [-0.39, 0.29) is 16.9 Å². The molecular weight excluding hydrogens is 412 g/mol. The molecule has 0 amide bonds. The van der Waals surface area contributed by atoms with Gasteiger partial charge in [0, 0.05) is 9.13 Å². The van der Waals surface area contributed by atoms with Gasteiger partial charge in [-0.3, -0.25) is 0 Å². The van der Waals surface area contributed by atoms with Crippen molar-refractivity contribution >= 4 is 28.4 Å². The van der Waals surface area contributed by atoms with Crippen molar-refractivity contribution in [3.8, 4) is 16.9 Å². The summed E-state index contributed by atoms with van der Waals surface area (Å²) in [5, 5.41) is 20.8. The lowest BCUT2D eigenvalue weighted by Crippen LogP contribution is -2.17. The first kappa shape index (κ1) is 16.4. The Bertz CT molecular complexity index is 728. The molecule has 0 aromatic heterocycles. The smallest absolute Gasteiger partial charge is 0.416 e. The molecule has 0 atom stereocenters. The highest BCUT2D eigenvalue weighted by atomic mass is 127. The Balaban J connectivity index is 2.74. The Morgan fingerprint density at radius 1 is 1.14 bits per heavy atom. The van der Waals surface area contributed by atoms with Gasteiger partial charge in [0.1, 0.15) is 5.75 Å². The van der Waals surface area contributed by atoms with Crippen molar-refractivity contribution in [2.45, 2.75) is 6.18 Å². The lowest BCUT2D eigenvalue weighted by atomic mass is 9.99. The summed E-state index contributed by atoms with van der Waals surface area (Å²) in [6.07, 6.45) is -4.57. The first-order valence-corrected chi connectivity index (χ1v) is 7.00. The third kappa shape index (κ3) is 3.26. The van der Waals surface area contributed by atoms with Crippen LogP contribution in [0.25, 0.3) is 11.1 Å². The van der Waals surface area contributed by atoms with E-state index in [1.54, 1.807) is 0 Å². The highest BCUT2D eigenvalue weighted by Gasteiger charge is 2.32. The lowest BCUT2D eigenvalue weighted by Gasteiger charge is -2.15. The number of nitrogens with zero attached hydrogens (tertiary/aromatic N) is 1. The summed E-state index contributed by atoms with van der Waals surface area (Å²) in [6, 6.07) is 7.54. The quantitative estimate of drug-likeness (QED) is 0.227. The number of hydrogen-bond acceptors (Lipinski definition) is 3. The zero-order valence-electron chi connectivity index (χ0n) is 10.9. The second-order valence-electron chi connectivity index (χ2n) is 4.42. The number of phenols is 1. The molecule has 0 bridgehead atoms. The molecule has 0 heterocycles. The van der Waals surface area contributed by atoms with Crippen molar-refractivity contribution in [2.75, 3.05) is 0 Å². The SMILES string of the molecule is N/C(=N\O)c1cc(C(F)(F)F)cc(-c2ccc(O)cc2)c1I. The number of phenolic OH excluding ortho intramolecular Hbond substituents is 1. The molecule has 0 aliphatic heterocycles. The van der Waals surface area contributed by atoms with Crippen LogP contribution in [0.15, 0.2) is 41.6 Å². The Morgan fingerprint density at radius 2 is 1.73 bits per heavy atom. The predicted octanol–water partition coefficient (Wildman–Crippen LogP) is 3.78. The minimum absolute atomic E-state index is 0.00221. The average Bonchev–Trinajstić information content (AvgIpc) is 2.46. The van der Waals surface area contributed by atoms with Gasteiger partial charge in [0.25, 0.3) is 0 Å². The van der Waals surface area contributed by atoms with Crippen LogP contribution >= 0.6 is 22.6 Å². The largest absolute Gasteiger partial charge is 0.508 e. The number of nitrogens with two attached hydrogens (primary N) is 1. The summed E-state index contributed by atoms with van der Waals surface area (Å²) in [7, 11) is 0. The molecule has 0 saturated heterocycles. The molecule has 2 aromatic rings. The Hall–Kier alpha value is -1.97. The van der Waals surface area contributed by atoms with Gasteiger partial charge in [0.15, 0.2) is 5.84 Å². The van der Waals surface area contributed by atoms with E-state index in [0.717, 1.165) is 12.1 Å². The average molecular weight is 422 g/mol. The van der Waals surface area contributed by atoms with E-state index in [9.17, 15) is 18.3 Å². The monoisotopic (exact) mass is 422 g/mol. The summed E-state index contributed by atoms with van der Waals surface area (Å²) >= 11 is 1.83. The number of benzene rings is 2. The van der Waals surface area contributed by atoms with Gasteiger partial charge in [-0.05, 0) is 58.0 Å². The zero-order valence-corrected chi connectivity index (χ0v) is 13.1. The van der Waals surface area contributed by atoms with E-state index >= 15 is 0 Å². The molecule has 0 spiro atoms. The minimum Gasteiger partial charge on any atom is -0.508 e. The molecule has 2 aromatic carbocycles. The normalized spacial score (nSPS) is 12.5. The second-order valence-corrected chi connectivity index (χ2v) is 5.49. The van der Waals surface area contributed by atoms with Gasteiger partial charge in [-0.15, -0.1) is 0 Å². The maximum atomic E-state index is 13.0. The number of amidine groups is 1. The molecule has 4 nitrogen and oxygen atoms in total. The first-order chi connectivity index (χ1) is 10.2. The highest BCUT2D eigenvalue weighted by Crippen LogP contribution is 2.37. The molecule has 2 rings (SSSR count). The van der Waals surface area contributed by atoms with Crippen LogP contribution in [0.3, 0.4) is 0 Å². The van der Waals surface area contributed by atoms with Crippen molar-refractivity contribution < 1.29 is 23.5 Å². The fraction of sp³-hybridized carbons (Fsp3) is 0.0714. The van der Waals surface area contributed by atoms with Crippen LogP contribution in [0.4, 0.5) is 13.2 Å². The van der Waals surface area contributed by atoms with E-state index in [1.165, 1.54) is 24.3 Å². The summed E-state index contributed by atoms with van der Waals surface area (Å²) in [5.41, 5.74) is 5.30. The predicted molar refractivity (Wildman–Crippen MR) is 83.8 cm³/mol.